The molecule has 1 N–H and O–H groups in total. The number of allylic oxidation sites excluding steroid dienone is 1. The van der Waals surface area contributed by atoms with Gasteiger partial charge in [-0.2, -0.15) is 0 Å². The van der Waals surface area contributed by atoms with Crippen LogP contribution in [-0.2, 0) is 6.42 Å². The van der Waals surface area contributed by atoms with Gasteiger partial charge in [0.15, 0.2) is 0 Å². The fourth-order valence-corrected chi connectivity index (χ4v) is 3.15. The van der Waals surface area contributed by atoms with Crippen LogP contribution in [0.25, 0.3) is 0 Å². The Kier molecular flexibility index (Phi) is 7.09. The first kappa shape index (κ1) is 14.9. The van der Waals surface area contributed by atoms with Crippen LogP contribution in [0.2, 0.25) is 0 Å². The summed E-state index contributed by atoms with van der Waals surface area (Å²) in [4.78, 5) is 1.43. The fourth-order valence-electron chi connectivity index (χ4n) is 1.60. The van der Waals surface area contributed by atoms with Gasteiger partial charge < -0.3 is 5.32 Å². The number of rotatable bonds is 7. The average molecular weight is 316 g/mol. The molecule has 0 spiro atoms. The van der Waals surface area contributed by atoms with Gasteiger partial charge >= 0.3 is 0 Å². The Bertz CT molecular complexity index is 355. The molecule has 1 aromatic rings. The van der Waals surface area contributed by atoms with Crippen molar-refractivity contribution >= 4 is 27.3 Å². The number of halogens is 1. The van der Waals surface area contributed by atoms with E-state index in [0.717, 1.165) is 31.8 Å². The Labute approximate surface area is 117 Å². The van der Waals surface area contributed by atoms with Crippen LogP contribution in [0.15, 0.2) is 27.6 Å². The van der Waals surface area contributed by atoms with E-state index >= 15 is 0 Å². The SMILES string of the molecule is CC(=CCCNCC(C)C)Cc1cc(Br)cs1. The minimum atomic E-state index is 0.739. The van der Waals surface area contributed by atoms with Gasteiger partial charge in [-0.3, -0.25) is 0 Å². The van der Waals surface area contributed by atoms with Crippen molar-refractivity contribution in [3.8, 4) is 0 Å². The topological polar surface area (TPSA) is 12.0 Å². The summed E-state index contributed by atoms with van der Waals surface area (Å²) in [6.45, 7) is 8.90. The predicted octanol–water partition coefficient (Wildman–Crippen LogP) is 4.64. The summed E-state index contributed by atoms with van der Waals surface area (Å²) in [5.74, 6) is 0.739. The molecular weight excluding hydrogens is 294 g/mol. The first-order chi connectivity index (χ1) is 8.08. The molecule has 0 bridgehead atoms. The summed E-state index contributed by atoms with van der Waals surface area (Å²) in [5, 5.41) is 5.60. The second kappa shape index (κ2) is 8.06. The molecule has 0 aromatic carbocycles. The van der Waals surface area contributed by atoms with Crippen LogP contribution in [0.3, 0.4) is 0 Å². The maximum atomic E-state index is 3.49. The van der Waals surface area contributed by atoms with Gasteiger partial charge in [0.25, 0.3) is 0 Å². The molecule has 0 aliphatic rings. The smallest absolute Gasteiger partial charge is 0.0285 e. The van der Waals surface area contributed by atoms with Crippen molar-refractivity contribution in [1.82, 2.24) is 5.32 Å². The van der Waals surface area contributed by atoms with Crippen LogP contribution >= 0.6 is 27.3 Å². The zero-order valence-electron chi connectivity index (χ0n) is 10.9. The maximum Gasteiger partial charge on any atom is 0.0285 e. The zero-order chi connectivity index (χ0) is 12.7. The third-order valence-electron chi connectivity index (χ3n) is 2.44. The van der Waals surface area contributed by atoms with Gasteiger partial charge in [0, 0.05) is 21.2 Å². The average Bonchev–Trinajstić information content (AvgIpc) is 2.63. The van der Waals surface area contributed by atoms with Gasteiger partial charge in [0.2, 0.25) is 0 Å². The molecule has 96 valence electrons. The summed E-state index contributed by atoms with van der Waals surface area (Å²) >= 11 is 5.31. The molecule has 0 saturated heterocycles. The first-order valence-electron chi connectivity index (χ1n) is 6.17. The van der Waals surface area contributed by atoms with E-state index in [9.17, 15) is 0 Å². The molecule has 0 aliphatic carbocycles. The van der Waals surface area contributed by atoms with Crippen molar-refractivity contribution < 1.29 is 0 Å². The molecular formula is C14H22BrNS. The van der Waals surface area contributed by atoms with Crippen molar-refractivity contribution in [1.29, 1.82) is 0 Å². The molecule has 0 unspecified atom stereocenters. The summed E-state index contributed by atoms with van der Waals surface area (Å²) in [7, 11) is 0. The quantitative estimate of drug-likeness (QED) is 0.571. The van der Waals surface area contributed by atoms with E-state index in [1.54, 1.807) is 0 Å². The minimum absolute atomic E-state index is 0.739. The molecule has 0 fully saturated rings. The molecule has 0 radical (unpaired) electrons. The van der Waals surface area contributed by atoms with Crippen molar-refractivity contribution in [2.45, 2.75) is 33.6 Å². The molecule has 1 aromatic heterocycles. The Balaban J connectivity index is 2.21. The molecule has 0 atom stereocenters. The van der Waals surface area contributed by atoms with Crippen LogP contribution < -0.4 is 5.32 Å². The molecule has 0 amide bonds. The summed E-state index contributed by atoms with van der Waals surface area (Å²) in [6, 6.07) is 2.21. The summed E-state index contributed by atoms with van der Waals surface area (Å²) in [5.41, 5.74) is 1.46. The van der Waals surface area contributed by atoms with Gasteiger partial charge in [-0.25, -0.2) is 0 Å². The third kappa shape index (κ3) is 7.02. The highest BCUT2D eigenvalue weighted by Crippen LogP contribution is 2.22. The standard InChI is InChI=1S/C14H22BrNS/c1-11(2)9-16-6-4-5-12(3)7-14-8-13(15)10-17-14/h5,8,10-11,16H,4,6-7,9H2,1-3H3. The minimum Gasteiger partial charge on any atom is -0.316 e. The largest absolute Gasteiger partial charge is 0.316 e. The van der Waals surface area contributed by atoms with E-state index in [-0.39, 0.29) is 0 Å². The van der Waals surface area contributed by atoms with Gasteiger partial charge in [-0.15, -0.1) is 11.3 Å². The molecule has 0 saturated carbocycles. The van der Waals surface area contributed by atoms with Gasteiger partial charge in [-0.1, -0.05) is 25.5 Å². The molecule has 0 aliphatic heterocycles. The van der Waals surface area contributed by atoms with Gasteiger partial charge in [0.1, 0.15) is 0 Å². The van der Waals surface area contributed by atoms with Gasteiger partial charge in [0.05, 0.1) is 0 Å². The predicted molar refractivity (Wildman–Crippen MR) is 81.8 cm³/mol. The highest BCUT2D eigenvalue weighted by atomic mass is 79.9. The fraction of sp³-hybridized carbons (Fsp3) is 0.571. The lowest BCUT2D eigenvalue weighted by molar-refractivity contribution is 0.556. The lowest BCUT2D eigenvalue weighted by Gasteiger charge is -2.05. The van der Waals surface area contributed by atoms with Crippen LogP contribution in [0.5, 0.6) is 0 Å². The maximum absolute atomic E-state index is 3.49. The first-order valence-corrected chi connectivity index (χ1v) is 7.84. The molecule has 1 rings (SSSR count). The van der Waals surface area contributed by atoms with Crippen LogP contribution in [-0.4, -0.2) is 13.1 Å². The monoisotopic (exact) mass is 315 g/mol. The Morgan fingerprint density at radius 1 is 1.53 bits per heavy atom. The molecule has 17 heavy (non-hydrogen) atoms. The molecule has 1 heterocycles. The second-order valence-corrected chi connectivity index (χ2v) is 6.76. The zero-order valence-corrected chi connectivity index (χ0v) is 13.3. The van der Waals surface area contributed by atoms with E-state index in [4.69, 9.17) is 0 Å². The lowest BCUT2D eigenvalue weighted by atomic mass is 10.1. The second-order valence-electron chi connectivity index (χ2n) is 4.85. The van der Waals surface area contributed by atoms with E-state index in [0.29, 0.717) is 0 Å². The third-order valence-corrected chi connectivity index (χ3v) is 4.14. The summed E-state index contributed by atoms with van der Waals surface area (Å²) in [6.07, 6.45) is 4.56. The molecule has 3 heteroatoms. The van der Waals surface area contributed by atoms with Crippen molar-refractivity contribution in [2.75, 3.05) is 13.1 Å². The van der Waals surface area contributed by atoms with Crippen molar-refractivity contribution in [2.24, 2.45) is 5.92 Å². The van der Waals surface area contributed by atoms with Crippen molar-refractivity contribution in [3.05, 3.63) is 32.4 Å². The Morgan fingerprint density at radius 2 is 2.29 bits per heavy atom. The summed E-state index contributed by atoms with van der Waals surface area (Å²) < 4.78 is 1.20. The number of hydrogen-bond acceptors (Lipinski definition) is 2. The Hall–Kier alpha value is -0.120. The number of hydrogen-bond donors (Lipinski definition) is 1. The number of nitrogens with one attached hydrogen (secondary N) is 1. The lowest BCUT2D eigenvalue weighted by Crippen LogP contribution is -2.20. The van der Waals surface area contributed by atoms with Crippen molar-refractivity contribution in [3.63, 3.8) is 0 Å². The van der Waals surface area contributed by atoms with Gasteiger partial charge in [-0.05, 0) is 54.3 Å². The highest BCUT2D eigenvalue weighted by Gasteiger charge is 1.98. The Morgan fingerprint density at radius 3 is 2.88 bits per heavy atom. The van der Waals surface area contributed by atoms with E-state index in [1.165, 1.54) is 14.9 Å². The van der Waals surface area contributed by atoms with Crippen LogP contribution in [0.1, 0.15) is 32.1 Å². The van der Waals surface area contributed by atoms with E-state index < -0.39 is 0 Å². The van der Waals surface area contributed by atoms with Crippen LogP contribution in [0, 0.1) is 5.92 Å². The van der Waals surface area contributed by atoms with Crippen LogP contribution in [0.4, 0.5) is 0 Å². The number of thiophene rings is 1. The highest BCUT2D eigenvalue weighted by molar-refractivity contribution is 9.10. The van der Waals surface area contributed by atoms with E-state index in [2.05, 4.69) is 59.5 Å². The molecule has 1 nitrogen and oxygen atoms in total. The van der Waals surface area contributed by atoms with E-state index in [1.807, 2.05) is 11.3 Å². The normalized spacial score (nSPS) is 12.4.